The Kier molecular flexibility index (Phi) is 9.14. The number of methoxy groups -OCH3 is 1. The van der Waals surface area contributed by atoms with E-state index in [1.165, 1.54) is 4.90 Å². The fourth-order valence-corrected chi connectivity index (χ4v) is 2.26. The van der Waals surface area contributed by atoms with Crippen LogP contribution in [0.3, 0.4) is 0 Å². The highest BCUT2D eigenvalue weighted by Crippen LogP contribution is 2.16. The van der Waals surface area contributed by atoms with Crippen LogP contribution in [0.1, 0.15) is 13.3 Å². The Morgan fingerprint density at radius 2 is 1.92 bits per heavy atom. The van der Waals surface area contributed by atoms with E-state index < -0.39 is 0 Å². The number of hydrogen-bond acceptors (Lipinski definition) is 4. The summed E-state index contributed by atoms with van der Waals surface area (Å²) in [7, 11) is 4.90. The number of amides is 3. The van der Waals surface area contributed by atoms with Crippen molar-refractivity contribution >= 4 is 23.4 Å². The molecule has 0 heterocycles. The third kappa shape index (κ3) is 7.98. The smallest absolute Gasteiger partial charge is 0.279 e. The minimum atomic E-state index is -0.202. The van der Waals surface area contributed by atoms with Gasteiger partial charge >= 0.3 is 0 Å². The van der Waals surface area contributed by atoms with Crippen LogP contribution in [0.4, 0.5) is 5.69 Å². The number of benzene rings is 1. The highest BCUT2D eigenvalue weighted by atomic mass is 16.5. The number of nitrogens with zero attached hydrogens (tertiary/aromatic N) is 1. The van der Waals surface area contributed by atoms with Gasteiger partial charge in [0.25, 0.3) is 11.8 Å². The topological polar surface area (TPSA) is 92.2 Å². The first kappa shape index (κ1) is 21.4. The fraction of sp³-hybridized carbons (Fsp3) is 0.500. The molecule has 1 aromatic rings. The zero-order valence-electron chi connectivity index (χ0n) is 15.9. The van der Waals surface area contributed by atoms with Crippen LogP contribution in [-0.2, 0) is 14.4 Å². The molecule has 0 fully saturated rings. The summed E-state index contributed by atoms with van der Waals surface area (Å²) in [5.41, 5.74) is 0.637. The molecule has 0 saturated heterocycles. The summed E-state index contributed by atoms with van der Waals surface area (Å²) in [4.78, 5) is 38.0. The van der Waals surface area contributed by atoms with Crippen molar-refractivity contribution in [3.63, 3.8) is 0 Å². The van der Waals surface area contributed by atoms with E-state index >= 15 is 0 Å². The van der Waals surface area contributed by atoms with Gasteiger partial charge in [-0.1, -0.05) is 13.0 Å². The highest BCUT2D eigenvalue weighted by Gasteiger charge is 2.19. The SMILES string of the molecule is CCCNC(=O)CN(C)C(=O)C[NH+](C)CC(=O)Nc1cccc(OC)c1. The van der Waals surface area contributed by atoms with Gasteiger partial charge in [0.2, 0.25) is 5.91 Å². The minimum absolute atomic E-state index is 0.0160. The summed E-state index contributed by atoms with van der Waals surface area (Å²) in [5, 5.41) is 5.50. The van der Waals surface area contributed by atoms with E-state index in [9.17, 15) is 14.4 Å². The van der Waals surface area contributed by atoms with E-state index in [1.807, 2.05) is 6.92 Å². The van der Waals surface area contributed by atoms with Gasteiger partial charge in [-0.05, 0) is 18.6 Å². The van der Waals surface area contributed by atoms with Crippen molar-refractivity contribution in [1.82, 2.24) is 10.2 Å². The standard InChI is InChI=1S/C18H28N4O4/c1-5-9-19-16(23)12-22(3)18(25)13-21(2)11-17(24)20-14-7-6-8-15(10-14)26-4/h6-8,10H,5,9,11-13H2,1-4H3,(H,19,23)(H,20,24)/p+1. The van der Waals surface area contributed by atoms with Crippen molar-refractivity contribution in [3.8, 4) is 5.75 Å². The Hall–Kier alpha value is -2.61. The average Bonchev–Trinajstić information content (AvgIpc) is 2.59. The van der Waals surface area contributed by atoms with Gasteiger partial charge in [-0.2, -0.15) is 0 Å². The number of nitrogens with one attached hydrogen (secondary N) is 3. The van der Waals surface area contributed by atoms with Crippen LogP contribution < -0.4 is 20.3 Å². The average molecular weight is 365 g/mol. The maximum absolute atomic E-state index is 12.2. The molecule has 3 N–H and O–H groups in total. The molecule has 1 rings (SSSR count). The second-order valence-electron chi connectivity index (χ2n) is 6.19. The van der Waals surface area contributed by atoms with Crippen LogP contribution in [0, 0.1) is 0 Å². The van der Waals surface area contributed by atoms with Crippen molar-refractivity contribution in [2.24, 2.45) is 0 Å². The van der Waals surface area contributed by atoms with Crippen molar-refractivity contribution < 1.29 is 24.0 Å². The molecule has 8 heteroatoms. The van der Waals surface area contributed by atoms with Crippen molar-refractivity contribution in [2.75, 3.05) is 52.7 Å². The van der Waals surface area contributed by atoms with Crippen LogP contribution in [0.25, 0.3) is 0 Å². The van der Waals surface area contributed by atoms with E-state index in [0.717, 1.165) is 11.3 Å². The normalized spacial score (nSPS) is 11.4. The van der Waals surface area contributed by atoms with E-state index in [4.69, 9.17) is 4.74 Å². The summed E-state index contributed by atoms with van der Waals surface area (Å²) in [6.45, 7) is 2.84. The third-order valence-electron chi connectivity index (χ3n) is 3.65. The first-order valence-electron chi connectivity index (χ1n) is 8.61. The Bertz CT molecular complexity index is 621. The van der Waals surface area contributed by atoms with E-state index in [1.54, 1.807) is 45.5 Å². The van der Waals surface area contributed by atoms with Gasteiger partial charge < -0.3 is 25.2 Å². The predicted molar refractivity (Wildman–Crippen MR) is 99.2 cm³/mol. The predicted octanol–water partition coefficient (Wildman–Crippen LogP) is -0.867. The first-order chi connectivity index (χ1) is 12.3. The van der Waals surface area contributed by atoms with Gasteiger partial charge in [-0.25, -0.2) is 0 Å². The molecule has 0 aliphatic rings. The molecule has 0 saturated carbocycles. The van der Waals surface area contributed by atoms with Crippen LogP contribution in [0.15, 0.2) is 24.3 Å². The minimum Gasteiger partial charge on any atom is -0.497 e. The largest absolute Gasteiger partial charge is 0.497 e. The number of ether oxygens (including phenoxy) is 1. The lowest BCUT2D eigenvalue weighted by atomic mass is 10.3. The molecule has 0 aromatic heterocycles. The summed E-state index contributed by atoms with van der Waals surface area (Å²) in [6, 6.07) is 7.07. The van der Waals surface area contributed by atoms with Crippen molar-refractivity contribution in [2.45, 2.75) is 13.3 Å². The number of likely N-dealkylation sites (N-methyl/N-ethyl adjacent to an activating group) is 2. The molecule has 8 nitrogen and oxygen atoms in total. The lowest BCUT2D eigenvalue weighted by Crippen LogP contribution is -3.11. The summed E-state index contributed by atoms with van der Waals surface area (Å²) in [5.74, 6) is 0.0769. The van der Waals surface area contributed by atoms with Crippen LogP contribution in [-0.4, -0.2) is 70.0 Å². The fourth-order valence-electron chi connectivity index (χ4n) is 2.26. The highest BCUT2D eigenvalue weighted by molar-refractivity contribution is 5.91. The maximum atomic E-state index is 12.2. The number of quaternary nitrogens is 1. The number of carbonyl (C=O) groups excluding carboxylic acids is 3. The molecule has 1 aromatic carbocycles. The monoisotopic (exact) mass is 365 g/mol. The van der Waals surface area contributed by atoms with Gasteiger partial charge in [-0.3, -0.25) is 14.4 Å². The molecular formula is C18H29N4O4+. The van der Waals surface area contributed by atoms with Gasteiger partial charge in [0.1, 0.15) is 5.75 Å². The summed E-state index contributed by atoms with van der Waals surface area (Å²) < 4.78 is 5.11. The maximum Gasteiger partial charge on any atom is 0.279 e. The molecule has 26 heavy (non-hydrogen) atoms. The molecule has 0 radical (unpaired) electrons. The Balaban J connectivity index is 2.41. The number of anilines is 1. The Labute approximate surface area is 154 Å². The molecular weight excluding hydrogens is 336 g/mol. The molecule has 0 aliphatic carbocycles. The molecule has 0 bridgehead atoms. The molecule has 1 unspecified atom stereocenters. The lowest BCUT2D eigenvalue weighted by molar-refractivity contribution is -0.862. The Morgan fingerprint density at radius 3 is 2.58 bits per heavy atom. The quantitative estimate of drug-likeness (QED) is 0.503. The van der Waals surface area contributed by atoms with Gasteiger partial charge in [0, 0.05) is 25.3 Å². The van der Waals surface area contributed by atoms with Crippen molar-refractivity contribution in [3.05, 3.63) is 24.3 Å². The van der Waals surface area contributed by atoms with Crippen LogP contribution >= 0.6 is 0 Å². The first-order valence-corrected chi connectivity index (χ1v) is 8.61. The lowest BCUT2D eigenvalue weighted by Gasteiger charge is -2.19. The molecule has 3 amide bonds. The summed E-state index contributed by atoms with van der Waals surface area (Å²) >= 11 is 0. The number of carbonyl (C=O) groups is 3. The second kappa shape index (κ2) is 11.1. The van der Waals surface area contributed by atoms with Gasteiger partial charge in [-0.15, -0.1) is 0 Å². The molecule has 144 valence electrons. The Morgan fingerprint density at radius 1 is 1.19 bits per heavy atom. The third-order valence-corrected chi connectivity index (χ3v) is 3.65. The zero-order chi connectivity index (χ0) is 19.5. The van der Waals surface area contributed by atoms with E-state index in [2.05, 4.69) is 10.6 Å². The van der Waals surface area contributed by atoms with Crippen LogP contribution in [0.2, 0.25) is 0 Å². The second-order valence-corrected chi connectivity index (χ2v) is 6.19. The van der Waals surface area contributed by atoms with Gasteiger partial charge in [0.05, 0.1) is 20.7 Å². The molecule has 0 aliphatic heterocycles. The van der Waals surface area contributed by atoms with Crippen LogP contribution in [0.5, 0.6) is 5.75 Å². The number of rotatable bonds is 10. The zero-order valence-corrected chi connectivity index (χ0v) is 15.9. The molecule has 0 spiro atoms. The summed E-state index contributed by atoms with van der Waals surface area (Å²) in [6.07, 6.45) is 0.846. The number of hydrogen-bond donors (Lipinski definition) is 3. The van der Waals surface area contributed by atoms with E-state index in [-0.39, 0.29) is 37.4 Å². The molecule has 1 atom stereocenters. The van der Waals surface area contributed by atoms with Crippen molar-refractivity contribution in [1.29, 1.82) is 0 Å². The van der Waals surface area contributed by atoms with E-state index in [0.29, 0.717) is 18.0 Å². The van der Waals surface area contributed by atoms with Gasteiger partial charge in [0.15, 0.2) is 13.1 Å².